The van der Waals surface area contributed by atoms with E-state index in [0.717, 1.165) is 18.8 Å². The fourth-order valence-corrected chi connectivity index (χ4v) is 5.25. The van der Waals surface area contributed by atoms with Crippen molar-refractivity contribution in [2.75, 3.05) is 48.0 Å². The molecular formula is C19H26N2O6S. The highest BCUT2D eigenvalue weighted by Gasteiger charge is 2.30. The molecule has 0 spiro atoms. The van der Waals surface area contributed by atoms with Gasteiger partial charge in [-0.25, -0.2) is 8.42 Å². The lowest BCUT2D eigenvalue weighted by molar-refractivity contribution is -0.153. The molecule has 0 unspecified atom stereocenters. The molecule has 2 aliphatic heterocycles. The number of carbonyl (C=O) groups is 2. The predicted molar refractivity (Wildman–Crippen MR) is 105 cm³/mol. The van der Waals surface area contributed by atoms with Crippen LogP contribution in [0, 0.1) is 5.92 Å². The Balaban J connectivity index is 1.46. The first-order chi connectivity index (χ1) is 13.3. The number of ether oxygens (including phenoxy) is 2. The van der Waals surface area contributed by atoms with Gasteiger partial charge in [-0.05, 0) is 43.5 Å². The molecule has 0 bridgehead atoms. The summed E-state index contributed by atoms with van der Waals surface area (Å²) in [6, 6.07) is 7.47. The van der Waals surface area contributed by atoms with Crippen LogP contribution in [-0.2, 0) is 28.9 Å². The minimum Gasteiger partial charge on any atom is -0.453 e. The van der Waals surface area contributed by atoms with Gasteiger partial charge in [0.05, 0.1) is 24.7 Å². The van der Waals surface area contributed by atoms with E-state index >= 15 is 0 Å². The first-order valence-corrected chi connectivity index (χ1v) is 11.3. The fraction of sp³-hybridized carbons (Fsp3) is 0.579. The predicted octanol–water partition coefficient (Wildman–Crippen LogP) is 1.22. The molecule has 0 radical (unpaired) electrons. The summed E-state index contributed by atoms with van der Waals surface area (Å²) in [5.41, 5.74) is 1.68. The topological polar surface area (TPSA) is 102 Å². The highest BCUT2D eigenvalue weighted by Crippen LogP contribution is 2.22. The number of hydrogen-bond donors (Lipinski definition) is 1. The molecule has 2 heterocycles. The van der Waals surface area contributed by atoms with Crippen molar-refractivity contribution >= 4 is 33.1 Å². The summed E-state index contributed by atoms with van der Waals surface area (Å²) in [5.74, 6) is -1.07. The lowest BCUT2D eigenvalue weighted by atomic mass is 10.1. The van der Waals surface area contributed by atoms with Crippen LogP contribution in [0.3, 0.4) is 0 Å². The Kier molecular flexibility index (Phi) is 6.56. The molecule has 2 aliphatic rings. The molecule has 0 saturated carbocycles. The van der Waals surface area contributed by atoms with Crippen LogP contribution in [-0.4, -0.2) is 64.2 Å². The molecule has 0 aliphatic carbocycles. The van der Waals surface area contributed by atoms with Crippen LogP contribution in [0.5, 0.6) is 0 Å². The van der Waals surface area contributed by atoms with E-state index in [2.05, 4.69) is 10.2 Å². The van der Waals surface area contributed by atoms with Gasteiger partial charge in [0.2, 0.25) is 0 Å². The minimum atomic E-state index is -3.04. The molecule has 2 fully saturated rings. The van der Waals surface area contributed by atoms with Crippen molar-refractivity contribution in [1.82, 2.24) is 0 Å². The van der Waals surface area contributed by atoms with Crippen LogP contribution in [0.15, 0.2) is 24.3 Å². The van der Waals surface area contributed by atoms with E-state index in [1.54, 1.807) is 12.1 Å². The monoisotopic (exact) mass is 410 g/mol. The standard InChI is InChI=1S/C19H26N2O6S/c1-14(27-18(22)12-15-6-11-28(24,25)13-15)19(23)20-16-2-4-17(5-3-16)21-7-9-26-10-8-21/h2-5,14-15H,6-13H2,1H3,(H,20,23)/t14-,15-/m0/s1. The van der Waals surface area contributed by atoms with E-state index in [0.29, 0.717) is 25.3 Å². The van der Waals surface area contributed by atoms with Crippen LogP contribution in [0.2, 0.25) is 0 Å². The number of rotatable bonds is 6. The van der Waals surface area contributed by atoms with Gasteiger partial charge in [0, 0.05) is 30.9 Å². The fourth-order valence-electron chi connectivity index (χ4n) is 3.39. The van der Waals surface area contributed by atoms with Crippen molar-refractivity contribution in [2.45, 2.75) is 25.9 Å². The number of nitrogens with one attached hydrogen (secondary N) is 1. The smallest absolute Gasteiger partial charge is 0.306 e. The zero-order valence-electron chi connectivity index (χ0n) is 15.9. The van der Waals surface area contributed by atoms with Crippen molar-refractivity contribution < 1.29 is 27.5 Å². The summed E-state index contributed by atoms with van der Waals surface area (Å²) in [4.78, 5) is 26.5. The van der Waals surface area contributed by atoms with Gasteiger partial charge in [-0.2, -0.15) is 0 Å². The van der Waals surface area contributed by atoms with Gasteiger partial charge in [-0.1, -0.05) is 0 Å². The van der Waals surface area contributed by atoms with Crippen molar-refractivity contribution in [3.63, 3.8) is 0 Å². The van der Waals surface area contributed by atoms with Gasteiger partial charge < -0.3 is 19.7 Å². The molecular weight excluding hydrogens is 384 g/mol. The van der Waals surface area contributed by atoms with Gasteiger partial charge in [-0.3, -0.25) is 9.59 Å². The van der Waals surface area contributed by atoms with Crippen molar-refractivity contribution in [3.05, 3.63) is 24.3 Å². The zero-order valence-corrected chi connectivity index (χ0v) is 16.7. The van der Waals surface area contributed by atoms with Crippen molar-refractivity contribution in [3.8, 4) is 0 Å². The number of benzene rings is 1. The average Bonchev–Trinajstić information content (AvgIpc) is 3.01. The third-order valence-electron chi connectivity index (χ3n) is 4.97. The molecule has 1 N–H and O–H groups in total. The molecule has 9 heteroatoms. The molecule has 1 aromatic rings. The Morgan fingerprint density at radius 1 is 1.25 bits per heavy atom. The second-order valence-corrected chi connectivity index (χ2v) is 9.47. The Morgan fingerprint density at radius 3 is 2.54 bits per heavy atom. The van der Waals surface area contributed by atoms with Crippen molar-refractivity contribution in [2.24, 2.45) is 5.92 Å². The summed E-state index contributed by atoms with van der Waals surface area (Å²) in [7, 11) is -3.04. The van der Waals surface area contributed by atoms with E-state index in [1.807, 2.05) is 12.1 Å². The van der Waals surface area contributed by atoms with Gasteiger partial charge in [0.25, 0.3) is 5.91 Å². The SMILES string of the molecule is C[C@H](OC(=O)C[C@@H]1CCS(=O)(=O)C1)C(=O)Nc1ccc(N2CCOCC2)cc1. The second-order valence-electron chi connectivity index (χ2n) is 7.24. The second kappa shape index (κ2) is 8.91. The molecule has 154 valence electrons. The quantitative estimate of drug-likeness (QED) is 0.704. The summed E-state index contributed by atoms with van der Waals surface area (Å²) in [6.07, 6.45) is -0.470. The van der Waals surface area contributed by atoms with E-state index < -0.39 is 27.8 Å². The van der Waals surface area contributed by atoms with Gasteiger partial charge in [0.15, 0.2) is 15.9 Å². The lowest BCUT2D eigenvalue weighted by Crippen LogP contribution is -2.36. The molecule has 1 aromatic carbocycles. The van der Waals surface area contributed by atoms with Gasteiger partial charge in [-0.15, -0.1) is 0 Å². The van der Waals surface area contributed by atoms with Crippen LogP contribution >= 0.6 is 0 Å². The minimum absolute atomic E-state index is 0.0121. The first kappa shape index (κ1) is 20.6. The lowest BCUT2D eigenvalue weighted by Gasteiger charge is -2.28. The molecule has 3 rings (SSSR count). The normalized spacial score (nSPS) is 22.5. The number of carbonyl (C=O) groups excluding carboxylic acids is 2. The van der Waals surface area contributed by atoms with Crippen LogP contribution in [0.4, 0.5) is 11.4 Å². The van der Waals surface area contributed by atoms with Crippen LogP contribution < -0.4 is 10.2 Å². The highest BCUT2D eigenvalue weighted by atomic mass is 32.2. The first-order valence-electron chi connectivity index (χ1n) is 9.46. The number of morpholine rings is 1. The maximum Gasteiger partial charge on any atom is 0.306 e. The van der Waals surface area contributed by atoms with E-state index in [4.69, 9.17) is 9.47 Å². The number of amides is 1. The van der Waals surface area contributed by atoms with Crippen LogP contribution in [0.1, 0.15) is 19.8 Å². The molecule has 0 aromatic heterocycles. The summed E-state index contributed by atoms with van der Waals surface area (Å²) in [6.45, 7) is 4.57. The number of hydrogen-bond acceptors (Lipinski definition) is 7. The highest BCUT2D eigenvalue weighted by molar-refractivity contribution is 7.91. The number of anilines is 2. The summed E-state index contributed by atoms with van der Waals surface area (Å²) < 4.78 is 33.4. The summed E-state index contributed by atoms with van der Waals surface area (Å²) in [5, 5.41) is 2.73. The largest absolute Gasteiger partial charge is 0.453 e. The summed E-state index contributed by atoms with van der Waals surface area (Å²) >= 11 is 0. The van der Waals surface area contributed by atoms with E-state index in [1.165, 1.54) is 6.92 Å². The van der Waals surface area contributed by atoms with E-state index in [-0.39, 0.29) is 23.8 Å². The number of esters is 1. The molecule has 8 nitrogen and oxygen atoms in total. The molecule has 1 amide bonds. The van der Waals surface area contributed by atoms with Crippen molar-refractivity contribution in [1.29, 1.82) is 0 Å². The van der Waals surface area contributed by atoms with Gasteiger partial charge >= 0.3 is 5.97 Å². The van der Waals surface area contributed by atoms with Crippen LogP contribution in [0.25, 0.3) is 0 Å². The Morgan fingerprint density at radius 2 is 1.93 bits per heavy atom. The third kappa shape index (κ3) is 5.68. The Labute approximate surface area is 165 Å². The van der Waals surface area contributed by atoms with Gasteiger partial charge in [0.1, 0.15) is 0 Å². The number of sulfone groups is 1. The maximum atomic E-state index is 12.3. The molecule has 28 heavy (non-hydrogen) atoms. The van der Waals surface area contributed by atoms with E-state index in [9.17, 15) is 18.0 Å². The molecule has 2 saturated heterocycles. The average molecular weight is 410 g/mol. The Hall–Kier alpha value is -2.13. The third-order valence-corrected chi connectivity index (χ3v) is 6.81. The zero-order chi connectivity index (χ0) is 20.1. The Bertz CT molecular complexity index is 802. The molecule has 2 atom stereocenters. The number of nitrogens with zero attached hydrogens (tertiary/aromatic N) is 1. The maximum absolute atomic E-state index is 12.3.